The van der Waals surface area contributed by atoms with Gasteiger partial charge in [0.1, 0.15) is 0 Å². The van der Waals surface area contributed by atoms with Crippen molar-refractivity contribution in [2.75, 3.05) is 0 Å². The monoisotopic (exact) mass is 184 g/mol. The number of fused-ring (bicyclic) bond motifs is 2. The lowest BCUT2D eigenvalue weighted by molar-refractivity contribution is -0.499. The van der Waals surface area contributed by atoms with Crippen molar-refractivity contribution in [3.63, 3.8) is 0 Å². The molecule has 13 heavy (non-hydrogen) atoms. The van der Waals surface area contributed by atoms with E-state index in [0.717, 1.165) is 25.7 Å². The van der Waals surface area contributed by atoms with Gasteiger partial charge in [-0.05, 0) is 25.7 Å². The molecule has 0 spiro atoms. The van der Waals surface area contributed by atoms with Crippen LogP contribution in [0.15, 0.2) is 0 Å². The second-order valence-electron chi connectivity index (χ2n) is 4.60. The largest absolute Gasteiger partial charge is 0.477 e. The molecule has 4 N–H and O–H groups in total. The zero-order chi connectivity index (χ0) is 9.47. The Hall–Kier alpha value is -0.570. The highest BCUT2D eigenvalue weighted by molar-refractivity contribution is 5.78. The molecular weight excluding hydrogens is 166 g/mol. The van der Waals surface area contributed by atoms with E-state index in [2.05, 4.69) is 5.73 Å². The van der Waals surface area contributed by atoms with Crippen molar-refractivity contribution in [2.45, 2.75) is 44.1 Å². The maximum atomic E-state index is 11.2. The van der Waals surface area contributed by atoms with Gasteiger partial charge in [-0.3, -0.25) is 0 Å². The van der Waals surface area contributed by atoms with Crippen LogP contribution in [0, 0.1) is 11.8 Å². The summed E-state index contributed by atoms with van der Waals surface area (Å²) in [4.78, 5) is 11.2. The summed E-state index contributed by atoms with van der Waals surface area (Å²) in [5.41, 5.74) is 3.37. The summed E-state index contributed by atoms with van der Waals surface area (Å²) in [6, 6.07) is 0. The molecule has 2 aliphatic rings. The first kappa shape index (κ1) is 9.00. The minimum atomic E-state index is -0.665. The second-order valence-corrected chi connectivity index (χ2v) is 4.60. The molecule has 2 saturated carbocycles. The molecule has 0 aliphatic heterocycles. The Morgan fingerprint density at radius 2 is 1.54 bits per heavy atom. The first-order valence-electron chi connectivity index (χ1n) is 5.24. The van der Waals surface area contributed by atoms with Crippen LogP contribution < -0.4 is 5.73 Å². The fraction of sp³-hybridized carbons (Fsp3) is 0.900. The number of carbonyl (C=O) groups is 1. The first-order chi connectivity index (χ1) is 6.15. The normalized spacial score (nSPS) is 44.4. The third kappa shape index (κ3) is 1.17. The fourth-order valence-corrected chi connectivity index (χ4v) is 3.22. The lowest BCUT2D eigenvalue weighted by Gasteiger charge is -2.44. The number of carboxylic acids is 1. The summed E-state index contributed by atoms with van der Waals surface area (Å²) < 4.78 is 0. The van der Waals surface area contributed by atoms with Crippen LogP contribution >= 0.6 is 0 Å². The van der Waals surface area contributed by atoms with E-state index in [4.69, 9.17) is 0 Å². The van der Waals surface area contributed by atoms with E-state index in [0.29, 0.717) is 11.8 Å². The summed E-state index contributed by atoms with van der Waals surface area (Å²) in [5, 5.41) is 9.24. The van der Waals surface area contributed by atoms with E-state index >= 15 is 0 Å². The minimum absolute atomic E-state index is 0.345. The van der Waals surface area contributed by atoms with Gasteiger partial charge in [0.05, 0.1) is 0 Å². The number of hydrogen-bond donors (Lipinski definition) is 2. The van der Waals surface area contributed by atoms with E-state index in [1.54, 1.807) is 0 Å². The molecule has 3 heteroatoms. The van der Waals surface area contributed by atoms with E-state index in [1.807, 2.05) is 0 Å². The minimum Gasteiger partial charge on any atom is -0.477 e. The van der Waals surface area contributed by atoms with Crippen LogP contribution in [0.3, 0.4) is 0 Å². The van der Waals surface area contributed by atoms with Crippen molar-refractivity contribution in [2.24, 2.45) is 11.8 Å². The topological polar surface area (TPSA) is 64.9 Å². The predicted octanol–water partition coefficient (Wildman–Crippen LogP) is 0.652. The van der Waals surface area contributed by atoms with Crippen LogP contribution in [0.1, 0.15) is 38.5 Å². The molecule has 0 atom stereocenters. The number of rotatable bonds is 1. The van der Waals surface area contributed by atoms with Crippen molar-refractivity contribution in [3.05, 3.63) is 0 Å². The molecule has 0 heterocycles. The van der Waals surface area contributed by atoms with Gasteiger partial charge in [0.15, 0.2) is 5.54 Å². The van der Waals surface area contributed by atoms with Crippen molar-refractivity contribution in [1.82, 2.24) is 0 Å². The number of hydrogen-bond acceptors (Lipinski definition) is 1. The summed E-state index contributed by atoms with van der Waals surface area (Å²) in [6.45, 7) is 0. The highest BCUT2D eigenvalue weighted by Crippen LogP contribution is 2.44. The molecule has 0 saturated heterocycles. The van der Waals surface area contributed by atoms with Crippen LogP contribution in [-0.2, 0) is 4.79 Å². The zero-order valence-electron chi connectivity index (χ0n) is 7.96. The van der Waals surface area contributed by atoms with Crippen LogP contribution in [-0.4, -0.2) is 16.6 Å². The maximum absolute atomic E-state index is 11.2. The summed E-state index contributed by atoms with van der Waals surface area (Å²) >= 11 is 0. The van der Waals surface area contributed by atoms with Crippen LogP contribution in [0.2, 0.25) is 0 Å². The zero-order valence-corrected chi connectivity index (χ0v) is 7.96. The van der Waals surface area contributed by atoms with Gasteiger partial charge in [-0.2, -0.15) is 0 Å². The third-order valence-electron chi connectivity index (χ3n) is 4.07. The Bertz CT molecular complexity index is 205. The Balaban J connectivity index is 2.28. The number of aliphatic carboxylic acids is 1. The molecule has 2 fully saturated rings. The van der Waals surface area contributed by atoms with E-state index < -0.39 is 11.5 Å². The highest BCUT2D eigenvalue weighted by Gasteiger charge is 2.55. The standard InChI is InChI=1S/C10H17NO2/c11-10(9(12)13)7-3-1-4-8(10)6-2-5-7/h7-8H,1-6,11H2,(H,12,13)/p+1. The van der Waals surface area contributed by atoms with Crippen molar-refractivity contribution in [3.8, 4) is 0 Å². The predicted molar refractivity (Wildman–Crippen MR) is 47.9 cm³/mol. The molecule has 0 aromatic rings. The molecule has 2 aliphatic carbocycles. The first-order valence-corrected chi connectivity index (χ1v) is 5.24. The number of carboxylic acid groups (broad SMARTS) is 1. The maximum Gasteiger partial charge on any atom is 0.366 e. The van der Waals surface area contributed by atoms with E-state index in [9.17, 15) is 9.90 Å². The molecule has 3 nitrogen and oxygen atoms in total. The SMILES string of the molecule is [NH3+]C1(C(=O)O)C2CCCC1CCC2. The van der Waals surface area contributed by atoms with Gasteiger partial charge in [0, 0.05) is 11.8 Å². The Morgan fingerprint density at radius 1 is 1.15 bits per heavy atom. The van der Waals surface area contributed by atoms with Gasteiger partial charge in [-0.25, -0.2) is 4.79 Å². The lowest BCUT2D eigenvalue weighted by atomic mass is 9.60. The van der Waals surface area contributed by atoms with Gasteiger partial charge in [0.2, 0.25) is 0 Å². The van der Waals surface area contributed by atoms with Gasteiger partial charge in [-0.15, -0.1) is 0 Å². The fourth-order valence-electron chi connectivity index (χ4n) is 3.22. The van der Waals surface area contributed by atoms with Crippen LogP contribution in [0.5, 0.6) is 0 Å². The van der Waals surface area contributed by atoms with Gasteiger partial charge in [-0.1, -0.05) is 12.8 Å². The van der Waals surface area contributed by atoms with E-state index in [1.165, 1.54) is 12.8 Å². The van der Waals surface area contributed by atoms with Crippen molar-refractivity contribution in [1.29, 1.82) is 0 Å². The summed E-state index contributed by atoms with van der Waals surface area (Å²) in [7, 11) is 0. The molecule has 2 rings (SSSR count). The smallest absolute Gasteiger partial charge is 0.366 e. The molecular formula is C10H18NO2+. The van der Waals surface area contributed by atoms with Gasteiger partial charge < -0.3 is 10.8 Å². The van der Waals surface area contributed by atoms with Crippen LogP contribution in [0.4, 0.5) is 0 Å². The molecule has 0 aromatic heterocycles. The average Bonchev–Trinajstić information content (AvgIpc) is 2.02. The van der Waals surface area contributed by atoms with E-state index in [-0.39, 0.29) is 0 Å². The highest BCUT2D eigenvalue weighted by atomic mass is 16.4. The third-order valence-corrected chi connectivity index (χ3v) is 4.07. The molecule has 0 amide bonds. The summed E-state index contributed by atoms with van der Waals surface area (Å²) in [5.74, 6) is 0.0249. The molecule has 0 radical (unpaired) electrons. The van der Waals surface area contributed by atoms with Crippen molar-refractivity contribution < 1.29 is 15.6 Å². The average molecular weight is 184 g/mol. The Kier molecular flexibility index (Phi) is 2.06. The molecule has 74 valence electrons. The summed E-state index contributed by atoms with van der Waals surface area (Å²) in [6.07, 6.45) is 6.72. The van der Waals surface area contributed by atoms with Crippen molar-refractivity contribution >= 4 is 5.97 Å². The van der Waals surface area contributed by atoms with Crippen LogP contribution in [0.25, 0.3) is 0 Å². The molecule has 2 bridgehead atoms. The Labute approximate surface area is 78.3 Å². The molecule has 0 aromatic carbocycles. The second kappa shape index (κ2) is 2.98. The van der Waals surface area contributed by atoms with Gasteiger partial charge in [0.25, 0.3) is 0 Å². The Morgan fingerprint density at radius 3 is 1.77 bits per heavy atom. The number of quaternary nitrogens is 1. The quantitative estimate of drug-likeness (QED) is 0.628. The molecule has 0 unspecified atom stereocenters. The van der Waals surface area contributed by atoms with Gasteiger partial charge >= 0.3 is 5.97 Å². The lowest BCUT2D eigenvalue weighted by Crippen LogP contribution is -2.84.